The van der Waals surface area contributed by atoms with Gasteiger partial charge in [0.15, 0.2) is 0 Å². The van der Waals surface area contributed by atoms with E-state index in [2.05, 4.69) is 16.0 Å². The van der Waals surface area contributed by atoms with Crippen LogP contribution in [-0.2, 0) is 4.79 Å². The summed E-state index contributed by atoms with van der Waals surface area (Å²) < 4.78 is 8.02. The number of rotatable bonds is 5. The van der Waals surface area contributed by atoms with Crippen LogP contribution in [0.4, 0.5) is 0 Å². The number of benzene rings is 2. The van der Waals surface area contributed by atoms with Gasteiger partial charge >= 0.3 is 0 Å². The highest BCUT2D eigenvalue weighted by atomic mass is 16.5. The normalized spacial score (nSPS) is 16.1. The maximum atomic E-state index is 12.2. The van der Waals surface area contributed by atoms with E-state index in [4.69, 9.17) is 9.72 Å². The Labute approximate surface area is 186 Å². The molecule has 6 heteroatoms. The van der Waals surface area contributed by atoms with Crippen LogP contribution in [0.1, 0.15) is 24.6 Å². The summed E-state index contributed by atoms with van der Waals surface area (Å²) in [5.41, 5.74) is 2.83. The number of para-hydroxylation sites is 1. The second-order valence-corrected chi connectivity index (χ2v) is 7.92. The smallest absolute Gasteiger partial charge is 0.245 e. The summed E-state index contributed by atoms with van der Waals surface area (Å²) in [6.45, 7) is 5.04. The molecule has 0 aliphatic carbocycles. The van der Waals surface area contributed by atoms with Gasteiger partial charge < -0.3 is 9.64 Å². The predicted octanol–water partition coefficient (Wildman–Crippen LogP) is 5.08. The molecule has 6 nitrogen and oxygen atoms in total. The third kappa shape index (κ3) is 3.87. The summed E-state index contributed by atoms with van der Waals surface area (Å²) in [6.07, 6.45) is 8.89. The van der Waals surface area contributed by atoms with Gasteiger partial charge in [0, 0.05) is 37.0 Å². The van der Waals surface area contributed by atoms with E-state index in [9.17, 15) is 4.79 Å². The fraction of sp³-hybridized carbons (Fsp3) is 0.192. The number of ether oxygens (including phenoxy) is 1. The fourth-order valence-corrected chi connectivity index (χ4v) is 4.29. The molecule has 0 radical (unpaired) electrons. The Morgan fingerprint density at radius 3 is 2.66 bits per heavy atom. The van der Waals surface area contributed by atoms with E-state index in [-0.39, 0.29) is 11.8 Å². The lowest BCUT2D eigenvalue weighted by atomic mass is 9.97. The monoisotopic (exact) mass is 424 g/mol. The first kappa shape index (κ1) is 20.0. The van der Waals surface area contributed by atoms with Crippen molar-refractivity contribution in [1.29, 1.82) is 0 Å². The first-order valence-electron chi connectivity index (χ1n) is 10.8. The molecule has 1 fully saturated rings. The Morgan fingerprint density at radius 1 is 1.09 bits per heavy atom. The number of hydrogen-bond donors (Lipinski definition) is 0. The lowest BCUT2D eigenvalue weighted by Crippen LogP contribution is -2.38. The third-order valence-corrected chi connectivity index (χ3v) is 5.85. The summed E-state index contributed by atoms with van der Waals surface area (Å²) in [5.74, 6) is 2.68. The number of fused-ring (bicyclic) bond motifs is 1. The predicted molar refractivity (Wildman–Crippen MR) is 124 cm³/mol. The first-order valence-corrected chi connectivity index (χ1v) is 10.8. The SMILES string of the molecule is C=CC(=O)N1CCCC(c2nc(-c3ccc(Oc4ccccc4)cc3)c3cnccn23)C1. The van der Waals surface area contributed by atoms with E-state index < -0.39 is 0 Å². The summed E-state index contributed by atoms with van der Waals surface area (Å²) in [4.78, 5) is 23.4. The molecule has 5 rings (SSSR count). The van der Waals surface area contributed by atoms with Gasteiger partial charge in [-0.3, -0.25) is 14.2 Å². The number of carbonyl (C=O) groups excluding carboxylic acids is 1. The molecular weight excluding hydrogens is 400 g/mol. The Kier molecular flexibility index (Phi) is 5.42. The second-order valence-electron chi connectivity index (χ2n) is 7.92. The fourth-order valence-electron chi connectivity index (χ4n) is 4.29. The van der Waals surface area contributed by atoms with Crippen molar-refractivity contribution in [2.45, 2.75) is 18.8 Å². The number of hydrogen-bond acceptors (Lipinski definition) is 4. The van der Waals surface area contributed by atoms with Crippen molar-refractivity contribution < 1.29 is 9.53 Å². The molecule has 2 aromatic heterocycles. The van der Waals surface area contributed by atoms with Gasteiger partial charge in [0.1, 0.15) is 17.3 Å². The number of piperidine rings is 1. The lowest BCUT2D eigenvalue weighted by Gasteiger charge is -2.31. The van der Waals surface area contributed by atoms with Gasteiger partial charge in [-0.15, -0.1) is 0 Å². The molecule has 1 aliphatic heterocycles. The van der Waals surface area contributed by atoms with Crippen molar-refractivity contribution in [2.24, 2.45) is 0 Å². The Hall–Kier alpha value is -3.93. The Morgan fingerprint density at radius 2 is 1.88 bits per heavy atom. The van der Waals surface area contributed by atoms with Crippen LogP contribution in [0, 0.1) is 0 Å². The summed E-state index contributed by atoms with van der Waals surface area (Å²) in [6, 6.07) is 17.7. The van der Waals surface area contributed by atoms with Crippen molar-refractivity contribution in [3.63, 3.8) is 0 Å². The van der Waals surface area contributed by atoms with Crippen LogP contribution in [0.15, 0.2) is 85.8 Å². The maximum Gasteiger partial charge on any atom is 0.245 e. The van der Waals surface area contributed by atoms with E-state index in [0.717, 1.165) is 53.5 Å². The minimum Gasteiger partial charge on any atom is -0.457 e. The van der Waals surface area contributed by atoms with Gasteiger partial charge in [-0.05, 0) is 55.3 Å². The highest BCUT2D eigenvalue weighted by Crippen LogP contribution is 2.33. The molecule has 0 saturated carbocycles. The van der Waals surface area contributed by atoms with E-state index in [1.165, 1.54) is 6.08 Å². The molecule has 1 atom stereocenters. The second kappa shape index (κ2) is 8.67. The summed E-state index contributed by atoms with van der Waals surface area (Å²) >= 11 is 0. The Bertz CT molecular complexity index is 1250. The van der Waals surface area contributed by atoms with Crippen LogP contribution in [0.3, 0.4) is 0 Å². The minimum absolute atomic E-state index is 0.0218. The van der Waals surface area contributed by atoms with E-state index >= 15 is 0 Å². The molecule has 2 aromatic carbocycles. The standard InChI is InChI=1S/C26H24N4O2/c1-2-24(31)29-15-6-7-20(18-29)26-28-25(23-17-27-14-16-30(23)26)19-10-12-22(13-11-19)32-21-8-4-3-5-9-21/h2-5,8-14,16-17,20H,1,6-7,15,18H2. The molecule has 0 bridgehead atoms. The van der Waals surface area contributed by atoms with Gasteiger partial charge in [-0.25, -0.2) is 4.98 Å². The van der Waals surface area contributed by atoms with Gasteiger partial charge in [-0.1, -0.05) is 24.8 Å². The molecular formula is C26H24N4O2. The number of imidazole rings is 1. The zero-order valence-corrected chi connectivity index (χ0v) is 17.7. The number of nitrogens with zero attached hydrogens (tertiary/aromatic N) is 4. The zero-order valence-electron chi connectivity index (χ0n) is 17.7. The minimum atomic E-state index is -0.0218. The van der Waals surface area contributed by atoms with Crippen LogP contribution >= 0.6 is 0 Å². The van der Waals surface area contributed by atoms with Crippen LogP contribution in [0.25, 0.3) is 16.8 Å². The van der Waals surface area contributed by atoms with Crippen LogP contribution in [0.5, 0.6) is 11.5 Å². The zero-order chi connectivity index (χ0) is 21.9. The number of aromatic nitrogens is 3. The van der Waals surface area contributed by atoms with Gasteiger partial charge in [0.25, 0.3) is 0 Å². The van der Waals surface area contributed by atoms with Gasteiger partial charge in [-0.2, -0.15) is 0 Å². The van der Waals surface area contributed by atoms with E-state index in [1.54, 1.807) is 6.20 Å². The molecule has 0 spiro atoms. The largest absolute Gasteiger partial charge is 0.457 e. The topological polar surface area (TPSA) is 59.7 Å². The number of likely N-dealkylation sites (tertiary alicyclic amines) is 1. The molecule has 1 amide bonds. The van der Waals surface area contributed by atoms with Crippen LogP contribution in [-0.4, -0.2) is 38.3 Å². The summed E-state index contributed by atoms with van der Waals surface area (Å²) in [5, 5.41) is 0. The van der Waals surface area contributed by atoms with Crippen molar-refractivity contribution in [2.75, 3.05) is 13.1 Å². The molecule has 3 heterocycles. The Balaban J connectivity index is 1.46. The maximum absolute atomic E-state index is 12.2. The highest BCUT2D eigenvalue weighted by molar-refractivity contribution is 5.87. The van der Waals surface area contributed by atoms with Crippen molar-refractivity contribution >= 4 is 11.4 Å². The molecule has 4 aromatic rings. The van der Waals surface area contributed by atoms with Crippen molar-refractivity contribution in [1.82, 2.24) is 19.3 Å². The van der Waals surface area contributed by atoms with Crippen molar-refractivity contribution in [3.05, 3.63) is 91.7 Å². The number of amides is 1. The molecule has 160 valence electrons. The molecule has 1 aliphatic rings. The van der Waals surface area contributed by atoms with E-state index in [1.807, 2.05) is 71.9 Å². The van der Waals surface area contributed by atoms with Crippen molar-refractivity contribution in [3.8, 4) is 22.8 Å². The average molecular weight is 425 g/mol. The number of carbonyl (C=O) groups is 1. The molecule has 32 heavy (non-hydrogen) atoms. The van der Waals surface area contributed by atoms with Gasteiger partial charge in [0.2, 0.25) is 5.91 Å². The van der Waals surface area contributed by atoms with Crippen LogP contribution < -0.4 is 4.74 Å². The quantitative estimate of drug-likeness (QED) is 0.419. The molecule has 0 N–H and O–H groups in total. The highest BCUT2D eigenvalue weighted by Gasteiger charge is 2.27. The average Bonchev–Trinajstić information content (AvgIpc) is 3.24. The van der Waals surface area contributed by atoms with Gasteiger partial charge in [0.05, 0.1) is 17.4 Å². The third-order valence-electron chi connectivity index (χ3n) is 5.85. The molecule has 1 unspecified atom stereocenters. The van der Waals surface area contributed by atoms with E-state index in [0.29, 0.717) is 6.54 Å². The molecule has 1 saturated heterocycles. The summed E-state index contributed by atoms with van der Waals surface area (Å²) in [7, 11) is 0. The first-order chi connectivity index (χ1) is 15.7. The van der Waals surface area contributed by atoms with Crippen LogP contribution in [0.2, 0.25) is 0 Å². The lowest BCUT2D eigenvalue weighted by molar-refractivity contribution is -0.127.